The number of carbonyl (C=O) groups excluding carboxylic acids is 2. The number of nitrogens with zero attached hydrogens (tertiary/aromatic N) is 1. The van der Waals surface area contributed by atoms with Gasteiger partial charge in [0.15, 0.2) is 6.04 Å². The first-order valence-electron chi connectivity index (χ1n) is 8.68. The molecule has 1 atom stereocenters. The molecule has 2 heterocycles. The monoisotopic (exact) mass is 414 g/mol. The van der Waals surface area contributed by atoms with E-state index in [9.17, 15) is 27.2 Å². The highest BCUT2D eigenvalue weighted by Gasteiger charge is 2.41. The lowest BCUT2D eigenvalue weighted by molar-refractivity contribution is -0.163. The molecule has 1 N–H and O–H groups in total. The predicted octanol–water partition coefficient (Wildman–Crippen LogP) is 3.97. The topological polar surface area (TPSA) is 49.4 Å². The molecule has 3 rings (SSSR count). The van der Waals surface area contributed by atoms with Crippen LogP contribution in [0, 0.1) is 5.82 Å². The van der Waals surface area contributed by atoms with Crippen LogP contribution in [0.25, 0.3) is 0 Å². The summed E-state index contributed by atoms with van der Waals surface area (Å²) in [7, 11) is 0. The number of alkyl halides is 3. The number of hydrogen-bond donors (Lipinski definition) is 1. The molecule has 28 heavy (non-hydrogen) atoms. The Kier molecular flexibility index (Phi) is 6.02. The fraction of sp³-hybridized carbons (Fsp3) is 0.368. The molecule has 0 saturated heterocycles. The SMILES string of the molecule is O=C(CCC(=O)N1CCc2sccc2C1)NC(c1ccc(F)cc1)C(F)(F)F. The second-order valence-electron chi connectivity index (χ2n) is 6.53. The van der Waals surface area contributed by atoms with E-state index >= 15 is 0 Å². The molecule has 0 bridgehead atoms. The Morgan fingerprint density at radius 3 is 2.54 bits per heavy atom. The summed E-state index contributed by atoms with van der Waals surface area (Å²) in [6.07, 6.45) is -4.51. The van der Waals surface area contributed by atoms with Crippen molar-refractivity contribution in [2.75, 3.05) is 6.54 Å². The number of halogens is 4. The van der Waals surface area contributed by atoms with Crippen molar-refractivity contribution in [3.63, 3.8) is 0 Å². The molecule has 0 aliphatic carbocycles. The minimum atomic E-state index is -4.74. The Labute approximate surface area is 163 Å². The van der Waals surface area contributed by atoms with Gasteiger partial charge in [-0.3, -0.25) is 9.59 Å². The highest BCUT2D eigenvalue weighted by Crippen LogP contribution is 2.33. The van der Waals surface area contributed by atoms with Crippen LogP contribution in [0.15, 0.2) is 35.7 Å². The zero-order chi connectivity index (χ0) is 20.3. The van der Waals surface area contributed by atoms with Crippen LogP contribution in [-0.2, 0) is 22.6 Å². The van der Waals surface area contributed by atoms with Gasteiger partial charge in [-0.2, -0.15) is 13.2 Å². The van der Waals surface area contributed by atoms with Crippen molar-refractivity contribution in [2.24, 2.45) is 0 Å². The van der Waals surface area contributed by atoms with Crippen LogP contribution >= 0.6 is 11.3 Å². The van der Waals surface area contributed by atoms with Crippen molar-refractivity contribution in [1.82, 2.24) is 10.2 Å². The van der Waals surface area contributed by atoms with Gasteiger partial charge < -0.3 is 10.2 Å². The number of amides is 2. The van der Waals surface area contributed by atoms with Gasteiger partial charge in [-0.15, -0.1) is 11.3 Å². The summed E-state index contributed by atoms with van der Waals surface area (Å²) in [6, 6.07) is 3.45. The summed E-state index contributed by atoms with van der Waals surface area (Å²) in [4.78, 5) is 27.2. The van der Waals surface area contributed by atoms with Crippen molar-refractivity contribution in [3.8, 4) is 0 Å². The first-order chi connectivity index (χ1) is 13.2. The maximum atomic E-state index is 13.3. The number of fused-ring (bicyclic) bond motifs is 1. The number of nitrogens with one attached hydrogen (secondary N) is 1. The Bertz CT molecular complexity index is 848. The van der Waals surface area contributed by atoms with Gasteiger partial charge in [0, 0.05) is 30.8 Å². The summed E-state index contributed by atoms with van der Waals surface area (Å²) < 4.78 is 52.8. The fourth-order valence-corrected chi connectivity index (χ4v) is 3.97. The average Bonchev–Trinajstić information content (AvgIpc) is 3.12. The Morgan fingerprint density at radius 2 is 1.86 bits per heavy atom. The van der Waals surface area contributed by atoms with Crippen LogP contribution < -0.4 is 5.32 Å². The van der Waals surface area contributed by atoms with Crippen molar-refractivity contribution in [3.05, 3.63) is 57.5 Å². The van der Waals surface area contributed by atoms with Gasteiger partial charge in [0.05, 0.1) is 0 Å². The van der Waals surface area contributed by atoms with Crippen LogP contribution in [-0.4, -0.2) is 29.4 Å². The number of hydrogen-bond acceptors (Lipinski definition) is 3. The number of benzene rings is 1. The van der Waals surface area contributed by atoms with E-state index in [0.717, 1.165) is 36.2 Å². The molecular formula is C19H18F4N2O2S. The second kappa shape index (κ2) is 8.30. The lowest BCUT2D eigenvalue weighted by Gasteiger charge is -2.27. The first-order valence-corrected chi connectivity index (χ1v) is 9.56. The van der Waals surface area contributed by atoms with E-state index in [1.165, 1.54) is 4.88 Å². The van der Waals surface area contributed by atoms with Crippen LogP contribution in [0.5, 0.6) is 0 Å². The standard InChI is InChI=1S/C19H18F4N2O2S/c20-14-3-1-12(2-4-14)18(19(21,22)23)24-16(26)5-6-17(27)25-9-7-15-13(11-25)8-10-28-15/h1-4,8,10,18H,5-7,9,11H2,(H,24,26). The van der Waals surface area contributed by atoms with E-state index in [4.69, 9.17) is 0 Å². The van der Waals surface area contributed by atoms with Gasteiger partial charge in [0.2, 0.25) is 11.8 Å². The summed E-state index contributed by atoms with van der Waals surface area (Å²) >= 11 is 1.63. The quantitative estimate of drug-likeness (QED) is 0.753. The molecule has 1 aliphatic heterocycles. The summed E-state index contributed by atoms with van der Waals surface area (Å²) in [5.41, 5.74) is 0.803. The number of rotatable bonds is 5. The molecule has 2 amide bonds. The maximum Gasteiger partial charge on any atom is 0.412 e. The molecule has 1 aromatic heterocycles. The van der Waals surface area contributed by atoms with E-state index in [-0.39, 0.29) is 24.3 Å². The molecule has 0 saturated carbocycles. The maximum absolute atomic E-state index is 13.3. The average molecular weight is 414 g/mol. The molecule has 150 valence electrons. The van der Waals surface area contributed by atoms with Gasteiger partial charge in [-0.05, 0) is 41.1 Å². The van der Waals surface area contributed by atoms with Crippen molar-refractivity contribution >= 4 is 23.2 Å². The third-order valence-corrected chi connectivity index (χ3v) is 5.59. The van der Waals surface area contributed by atoms with Crippen molar-refractivity contribution < 1.29 is 27.2 Å². The molecule has 1 aliphatic rings. The second-order valence-corrected chi connectivity index (χ2v) is 7.53. The zero-order valence-electron chi connectivity index (χ0n) is 14.8. The minimum Gasteiger partial charge on any atom is -0.341 e. The molecule has 0 fully saturated rings. The van der Waals surface area contributed by atoms with E-state index in [2.05, 4.69) is 0 Å². The number of thiophene rings is 1. The van der Waals surface area contributed by atoms with E-state index < -0.39 is 23.9 Å². The summed E-state index contributed by atoms with van der Waals surface area (Å²) in [5, 5.41) is 3.86. The third-order valence-electron chi connectivity index (χ3n) is 4.56. The highest BCUT2D eigenvalue weighted by atomic mass is 32.1. The van der Waals surface area contributed by atoms with Crippen LogP contribution in [0.4, 0.5) is 17.6 Å². The Morgan fingerprint density at radius 1 is 1.14 bits per heavy atom. The highest BCUT2D eigenvalue weighted by molar-refractivity contribution is 7.10. The van der Waals surface area contributed by atoms with Gasteiger partial charge in [-0.1, -0.05) is 12.1 Å². The van der Waals surface area contributed by atoms with Gasteiger partial charge in [0.1, 0.15) is 5.82 Å². The molecule has 0 spiro atoms. The summed E-state index contributed by atoms with van der Waals surface area (Å²) in [6.45, 7) is 0.995. The van der Waals surface area contributed by atoms with E-state index in [1.807, 2.05) is 16.8 Å². The fourth-order valence-electron chi connectivity index (χ4n) is 3.08. The lowest BCUT2D eigenvalue weighted by atomic mass is 10.1. The van der Waals surface area contributed by atoms with Crippen LogP contribution in [0.2, 0.25) is 0 Å². The van der Waals surface area contributed by atoms with Crippen molar-refractivity contribution in [2.45, 2.75) is 38.0 Å². The molecule has 2 aromatic rings. The normalized spacial score (nSPS) is 15.1. The third kappa shape index (κ3) is 4.89. The van der Waals surface area contributed by atoms with Gasteiger partial charge >= 0.3 is 6.18 Å². The Hall–Kier alpha value is -2.42. The van der Waals surface area contributed by atoms with Gasteiger partial charge in [0.25, 0.3) is 0 Å². The van der Waals surface area contributed by atoms with Crippen LogP contribution in [0.3, 0.4) is 0 Å². The molecule has 4 nitrogen and oxygen atoms in total. The van der Waals surface area contributed by atoms with Crippen molar-refractivity contribution in [1.29, 1.82) is 0 Å². The predicted molar refractivity (Wildman–Crippen MR) is 96.0 cm³/mol. The smallest absolute Gasteiger partial charge is 0.341 e. The molecule has 9 heteroatoms. The first kappa shape index (κ1) is 20.3. The molecular weight excluding hydrogens is 396 g/mol. The molecule has 1 unspecified atom stereocenters. The minimum absolute atomic E-state index is 0.167. The molecule has 0 radical (unpaired) electrons. The van der Waals surface area contributed by atoms with Gasteiger partial charge in [-0.25, -0.2) is 4.39 Å². The Balaban J connectivity index is 1.56. The van der Waals surface area contributed by atoms with Crippen LogP contribution in [0.1, 0.15) is 34.9 Å². The summed E-state index contributed by atoms with van der Waals surface area (Å²) in [5.74, 6) is -1.82. The largest absolute Gasteiger partial charge is 0.412 e. The van der Waals surface area contributed by atoms with E-state index in [1.54, 1.807) is 16.2 Å². The van der Waals surface area contributed by atoms with E-state index in [0.29, 0.717) is 13.1 Å². The number of carbonyl (C=O) groups is 2. The zero-order valence-corrected chi connectivity index (χ0v) is 15.6. The molecule has 1 aromatic carbocycles. The lowest BCUT2D eigenvalue weighted by Crippen LogP contribution is -2.39.